The highest BCUT2D eigenvalue weighted by Crippen LogP contribution is 2.11. The van der Waals surface area contributed by atoms with Crippen LogP contribution in [-0.2, 0) is 9.53 Å². The molecular formula is C11H14N2O4. The van der Waals surface area contributed by atoms with E-state index < -0.39 is 11.9 Å². The van der Waals surface area contributed by atoms with Crippen molar-refractivity contribution in [3.63, 3.8) is 0 Å². The van der Waals surface area contributed by atoms with Crippen molar-refractivity contribution in [1.29, 1.82) is 0 Å². The van der Waals surface area contributed by atoms with E-state index in [9.17, 15) is 9.59 Å². The van der Waals surface area contributed by atoms with Crippen LogP contribution in [0.4, 0.5) is 5.69 Å². The van der Waals surface area contributed by atoms with Crippen LogP contribution >= 0.6 is 0 Å². The molecule has 1 amide bonds. The lowest BCUT2D eigenvalue weighted by Gasteiger charge is -2.07. The largest absolute Gasteiger partial charge is 0.476 e. The van der Waals surface area contributed by atoms with Gasteiger partial charge in [0, 0.05) is 12.8 Å². The highest BCUT2D eigenvalue weighted by atomic mass is 16.5. The smallest absolute Gasteiger partial charge is 0.356 e. The first kappa shape index (κ1) is 13.1. The average Bonchev–Trinajstić information content (AvgIpc) is 2.29. The van der Waals surface area contributed by atoms with Crippen molar-refractivity contribution in [1.82, 2.24) is 4.98 Å². The number of carboxylic acids is 1. The summed E-state index contributed by atoms with van der Waals surface area (Å²) in [5.41, 5.74) is -0.0126. The van der Waals surface area contributed by atoms with Crippen molar-refractivity contribution in [3.8, 4) is 0 Å². The maximum absolute atomic E-state index is 11.4. The van der Waals surface area contributed by atoms with Gasteiger partial charge in [0.1, 0.15) is 6.61 Å². The molecule has 0 bridgehead atoms. The highest BCUT2D eigenvalue weighted by Gasteiger charge is 2.12. The number of anilines is 1. The van der Waals surface area contributed by atoms with Gasteiger partial charge in [-0.15, -0.1) is 0 Å². The van der Waals surface area contributed by atoms with E-state index >= 15 is 0 Å². The summed E-state index contributed by atoms with van der Waals surface area (Å²) < 4.78 is 5.04. The van der Waals surface area contributed by atoms with E-state index in [0.29, 0.717) is 6.61 Å². The maximum Gasteiger partial charge on any atom is 0.356 e. The lowest BCUT2D eigenvalue weighted by atomic mass is 10.3. The van der Waals surface area contributed by atoms with Crippen molar-refractivity contribution >= 4 is 17.6 Å². The molecule has 0 radical (unpaired) electrons. The van der Waals surface area contributed by atoms with Crippen LogP contribution in [0.5, 0.6) is 0 Å². The van der Waals surface area contributed by atoms with E-state index in [2.05, 4.69) is 10.3 Å². The molecule has 2 N–H and O–H groups in total. The summed E-state index contributed by atoms with van der Waals surface area (Å²) in [7, 11) is 0. The van der Waals surface area contributed by atoms with E-state index in [1.165, 1.54) is 12.3 Å². The Morgan fingerprint density at radius 2 is 2.29 bits per heavy atom. The first-order valence-corrected chi connectivity index (χ1v) is 5.21. The molecule has 17 heavy (non-hydrogen) atoms. The number of rotatable bonds is 6. The Morgan fingerprint density at radius 1 is 1.53 bits per heavy atom. The molecule has 0 fully saturated rings. The van der Waals surface area contributed by atoms with E-state index in [1.807, 2.05) is 6.92 Å². The number of nitrogens with one attached hydrogen (secondary N) is 1. The van der Waals surface area contributed by atoms with Gasteiger partial charge < -0.3 is 15.2 Å². The highest BCUT2D eigenvalue weighted by molar-refractivity contribution is 5.99. The number of pyridine rings is 1. The zero-order valence-corrected chi connectivity index (χ0v) is 9.47. The SMILES string of the molecule is CCCOCC(=O)Nc1cccnc1C(=O)O. The predicted molar refractivity (Wildman–Crippen MR) is 60.9 cm³/mol. The first-order chi connectivity index (χ1) is 8.15. The second-order valence-electron chi connectivity index (χ2n) is 3.31. The van der Waals surface area contributed by atoms with Crippen molar-refractivity contribution in [3.05, 3.63) is 24.0 Å². The number of carboxylic acid groups (broad SMARTS) is 1. The molecule has 92 valence electrons. The minimum absolute atomic E-state index is 0.0954. The molecule has 0 spiro atoms. The Morgan fingerprint density at radius 3 is 2.94 bits per heavy atom. The summed E-state index contributed by atoms with van der Waals surface area (Å²) in [6.07, 6.45) is 2.17. The molecule has 0 saturated heterocycles. The van der Waals surface area contributed by atoms with E-state index in [1.54, 1.807) is 6.07 Å². The Kier molecular flexibility index (Phi) is 5.09. The van der Waals surface area contributed by atoms with Crippen LogP contribution in [0.15, 0.2) is 18.3 Å². The number of amides is 1. The molecular weight excluding hydrogens is 224 g/mol. The minimum atomic E-state index is -1.18. The number of hydrogen-bond donors (Lipinski definition) is 2. The van der Waals surface area contributed by atoms with Gasteiger partial charge in [0.25, 0.3) is 0 Å². The zero-order chi connectivity index (χ0) is 12.7. The lowest BCUT2D eigenvalue weighted by Crippen LogP contribution is -2.20. The number of nitrogens with zero attached hydrogens (tertiary/aromatic N) is 1. The maximum atomic E-state index is 11.4. The fraction of sp³-hybridized carbons (Fsp3) is 0.364. The van der Waals surface area contributed by atoms with Crippen molar-refractivity contribution < 1.29 is 19.4 Å². The zero-order valence-electron chi connectivity index (χ0n) is 9.47. The van der Waals surface area contributed by atoms with Gasteiger partial charge in [-0.3, -0.25) is 4.79 Å². The molecule has 0 aliphatic carbocycles. The normalized spacial score (nSPS) is 9.94. The molecule has 1 aromatic heterocycles. The number of ether oxygens (including phenoxy) is 1. The second-order valence-corrected chi connectivity index (χ2v) is 3.31. The molecule has 0 aliphatic rings. The van der Waals surface area contributed by atoms with Gasteiger partial charge in [-0.2, -0.15) is 0 Å². The predicted octanol–water partition coefficient (Wildman–Crippen LogP) is 1.14. The van der Waals surface area contributed by atoms with Crippen molar-refractivity contribution in [2.45, 2.75) is 13.3 Å². The number of hydrogen-bond acceptors (Lipinski definition) is 4. The van der Waals surface area contributed by atoms with Gasteiger partial charge in [0.2, 0.25) is 5.91 Å². The minimum Gasteiger partial charge on any atom is -0.476 e. The van der Waals surface area contributed by atoms with Gasteiger partial charge in [-0.25, -0.2) is 9.78 Å². The second kappa shape index (κ2) is 6.59. The van der Waals surface area contributed by atoms with Crippen LogP contribution in [0.1, 0.15) is 23.8 Å². The molecule has 0 aromatic carbocycles. The summed E-state index contributed by atoms with van der Waals surface area (Å²) in [6, 6.07) is 3.03. The molecule has 6 heteroatoms. The molecule has 6 nitrogen and oxygen atoms in total. The van der Waals surface area contributed by atoms with E-state index in [0.717, 1.165) is 6.42 Å². The van der Waals surface area contributed by atoms with Gasteiger partial charge in [0.05, 0.1) is 5.69 Å². The Labute approximate surface area is 98.6 Å². The number of carbonyl (C=O) groups is 2. The summed E-state index contributed by atoms with van der Waals surface area (Å²) in [5.74, 6) is -1.58. The van der Waals surface area contributed by atoms with Crippen molar-refractivity contribution in [2.75, 3.05) is 18.5 Å². The number of carbonyl (C=O) groups excluding carboxylic acids is 1. The Hall–Kier alpha value is -1.95. The van der Waals surface area contributed by atoms with E-state index in [4.69, 9.17) is 9.84 Å². The summed E-state index contributed by atoms with van der Waals surface area (Å²) >= 11 is 0. The molecule has 0 saturated carbocycles. The monoisotopic (exact) mass is 238 g/mol. The average molecular weight is 238 g/mol. The molecule has 1 heterocycles. The third kappa shape index (κ3) is 4.20. The number of aromatic carboxylic acids is 1. The number of aromatic nitrogens is 1. The van der Waals surface area contributed by atoms with Gasteiger partial charge in [0.15, 0.2) is 5.69 Å². The lowest BCUT2D eigenvalue weighted by molar-refractivity contribution is -0.120. The third-order valence-electron chi connectivity index (χ3n) is 1.87. The standard InChI is InChI=1S/C11H14N2O4/c1-2-6-17-7-9(14)13-8-4-3-5-12-10(8)11(15)16/h3-5H,2,6-7H2,1H3,(H,13,14)(H,15,16). The van der Waals surface area contributed by atoms with Crippen LogP contribution in [0.25, 0.3) is 0 Å². The van der Waals surface area contributed by atoms with Crippen LogP contribution in [-0.4, -0.2) is 35.2 Å². The van der Waals surface area contributed by atoms with Gasteiger partial charge >= 0.3 is 5.97 Å². The molecule has 0 aliphatic heterocycles. The quantitative estimate of drug-likeness (QED) is 0.725. The van der Waals surface area contributed by atoms with Crippen LogP contribution in [0.2, 0.25) is 0 Å². The fourth-order valence-corrected chi connectivity index (χ4v) is 1.17. The molecule has 0 atom stereocenters. The molecule has 0 unspecified atom stereocenters. The first-order valence-electron chi connectivity index (χ1n) is 5.21. The summed E-state index contributed by atoms with van der Waals surface area (Å²) in [6.45, 7) is 2.33. The topological polar surface area (TPSA) is 88.5 Å². The van der Waals surface area contributed by atoms with Gasteiger partial charge in [-0.1, -0.05) is 6.92 Å². The summed E-state index contributed by atoms with van der Waals surface area (Å²) in [5, 5.41) is 11.3. The van der Waals surface area contributed by atoms with Crippen LogP contribution < -0.4 is 5.32 Å². The fourth-order valence-electron chi connectivity index (χ4n) is 1.17. The van der Waals surface area contributed by atoms with Crippen LogP contribution in [0.3, 0.4) is 0 Å². The third-order valence-corrected chi connectivity index (χ3v) is 1.87. The van der Waals surface area contributed by atoms with Crippen molar-refractivity contribution in [2.24, 2.45) is 0 Å². The summed E-state index contributed by atoms with van der Waals surface area (Å²) in [4.78, 5) is 25.9. The van der Waals surface area contributed by atoms with Gasteiger partial charge in [-0.05, 0) is 18.6 Å². The van der Waals surface area contributed by atoms with Crippen LogP contribution in [0, 0.1) is 0 Å². The Balaban J connectivity index is 2.61. The molecule has 1 aromatic rings. The molecule has 1 rings (SSSR count). The Bertz CT molecular complexity index is 406. The van der Waals surface area contributed by atoms with E-state index in [-0.39, 0.29) is 18.0 Å².